The van der Waals surface area contributed by atoms with E-state index in [0.29, 0.717) is 5.92 Å². The van der Waals surface area contributed by atoms with Crippen LogP contribution in [0.3, 0.4) is 0 Å². The van der Waals surface area contributed by atoms with Gasteiger partial charge in [0.2, 0.25) is 0 Å². The Morgan fingerprint density at radius 3 is 2.26 bits per heavy atom. The van der Waals surface area contributed by atoms with Crippen molar-refractivity contribution in [3.63, 3.8) is 0 Å². The molecule has 0 aromatic rings. The molecule has 2 fully saturated rings. The summed E-state index contributed by atoms with van der Waals surface area (Å²) < 4.78 is 4.87. The molecule has 0 bridgehead atoms. The van der Waals surface area contributed by atoms with Crippen LogP contribution in [0, 0.1) is 11.8 Å². The van der Waals surface area contributed by atoms with Crippen LogP contribution in [0.15, 0.2) is 4.99 Å². The molecule has 1 atom stereocenters. The Labute approximate surface area is 181 Å². The van der Waals surface area contributed by atoms with E-state index < -0.39 is 0 Å². The van der Waals surface area contributed by atoms with E-state index in [0.717, 1.165) is 51.5 Å². The summed E-state index contributed by atoms with van der Waals surface area (Å²) in [5.41, 5.74) is 0. The van der Waals surface area contributed by atoms with E-state index in [1.54, 1.807) is 0 Å². The largest absolute Gasteiger partial charge is 0.469 e. The number of piperazine rings is 1. The number of nitrogens with one attached hydrogen (secondary N) is 1. The number of piperidine rings is 1. The fourth-order valence-corrected chi connectivity index (χ4v) is 3.88. The number of nitrogens with zero attached hydrogens (tertiary/aromatic N) is 4. The standard InChI is InChI=1S/C19H37N5O2.HI/c1-5-22-10-12-23(13-11-22)15-16(2)14-21-19(20-3)24-8-6-17(7-9-24)18(25)26-4;/h16-17H,5-15H2,1-4H3,(H,20,21);1H. The Morgan fingerprint density at radius 1 is 1.15 bits per heavy atom. The van der Waals surface area contributed by atoms with Crippen molar-refractivity contribution < 1.29 is 9.53 Å². The van der Waals surface area contributed by atoms with Gasteiger partial charge in [-0.1, -0.05) is 13.8 Å². The van der Waals surface area contributed by atoms with Crippen LogP contribution in [0.2, 0.25) is 0 Å². The molecule has 158 valence electrons. The number of likely N-dealkylation sites (tertiary alicyclic amines) is 1. The quantitative estimate of drug-likeness (QED) is 0.260. The molecule has 0 amide bonds. The molecule has 1 unspecified atom stereocenters. The Balaban J connectivity index is 0.00000364. The van der Waals surface area contributed by atoms with Crippen LogP contribution in [0.25, 0.3) is 0 Å². The first-order chi connectivity index (χ1) is 12.6. The van der Waals surface area contributed by atoms with Crippen molar-refractivity contribution in [3.8, 4) is 0 Å². The highest BCUT2D eigenvalue weighted by Gasteiger charge is 2.27. The Morgan fingerprint density at radius 2 is 1.74 bits per heavy atom. The topological polar surface area (TPSA) is 60.4 Å². The number of rotatable bonds is 6. The maximum absolute atomic E-state index is 11.7. The zero-order chi connectivity index (χ0) is 18.9. The van der Waals surface area contributed by atoms with Gasteiger partial charge in [-0.05, 0) is 25.3 Å². The number of halogens is 1. The fourth-order valence-electron chi connectivity index (χ4n) is 3.88. The summed E-state index contributed by atoms with van der Waals surface area (Å²) in [7, 11) is 3.31. The molecule has 1 N–H and O–H groups in total. The van der Waals surface area contributed by atoms with Crippen LogP contribution in [0.1, 0.15) is 26.7 Å². The van der Waals surface area contributed by atoms with Gasteiger partial charge in [0, 0.05) is 59.4 Å². The van der Waals surface area contributed by atoms with Gasteiger partial charge in [0.1, 0.15) is 0 Å². The van der Waals surface area contributed by atoms with E-state index in [1.165, 1.54) is 33.3 Å². The third kappa shape index (κ3) is 7.73. The van der Waals surface area contributed by atoms with Crippen molar-refractivity contribution >= 4 is 35.9 Å². The molecule has 8 heteroatoms. The van der Waals surface area contributed by atoms with Gasteiger partial charge >= 0.3 is 5.97 Å². The molecule has 2 aliphatic rings. The van der Waals surface area contributed by atoms with Gasteiger partial charge in [0.05, 0.1) is 13.0 Å². The Hall–Kier alpha value is -0.610. The molecule has 7 nitrogen and oxygen atoms in total. The summed E-state index contributed by atoms with van der Waals surface area (Å²) >= 11 is 0. The van der Waals surface area contributed by atoms with E-state index in [-0.39, 0.29) is 35.9 Å². The number of methoxy groups -OCH3 is 1. The lowest BCUT2D eigenvalue weighted by molar-refractivity contribution is -0.146. The minimum Gasteiger partial charge on any atom is -0.469 e. The number of carbonyl (C=O) groups excluding carboxylic acids is 1. The Bertz CT molecular complexity index is 461. The van der Waals surface area contributed by atoms with Crippen LogP contribution in [0.5, 0.6) is 0 Å². The molecule has 0 spiro atoms. The van der Waals surface area contributed by atoms with Crippen molar-refractivity contribution in [1.82, 2.24) is 20.0 Å². The Kier molecular flexibility index (Phi) is 11.6. The number of guanidine groups is 1. The number of hydrogen-bond donors (Lipinski definition) is 1. The van der Waals surface area contributed by atoms with Crippen molar-refractivity contribution in [2.75, 3.05) is 73.1 Å². The molecular formula is C19H38IN5O2. The van der Waals surface area contributed by atoms with E-state index in [1.807, 2.05) is 7.05 Å². The minimum atomic E-state index is -0.0793. The first-order valence-corrected chi connectivity index (χ1v) is 10.1. The summed E-state index contributed by atoms with van der Waals surface area (Å²) in [5.74, 6) is 1.49. The maximum Gasteiger partial charge on any atom is 0.308 e. The van der Waals surface area contributed by atoms with Gasteiger partial charge in [-0.25, -0.2) is 0 Å². The van der Waals surface area contributed by atoms with Gasteiger partial charge in [0.25, 0.3) is 0 Å². The van der Waals surface area contributed by atoms with Crippen molar-refractivity contribution in [2.24, 2.45) is 16.8 Å². The number of esters is 1. The first kappa shape index (κ1) is 24.4. The van der Waals surface area contributed by atoms with Crippen LogP contribution in [-0.4, -0.2) is 99.7 Å². The lowest BCUT2D eigenvalue weighted by Gasteiger charge is -2.36. The molecule has 0 aromatic heterocycles. The zero-order valence-corrected chi connectivity index (χ0v) is 19.8. The highest BCUT2D eigenvalue weighted by molar-refractivity contribution is 14.0. The SMILES string of the molecule is CCN1CCN(CC(C)CNC(=NC)N2CCC(C(=O)OC)CC2)CC1.I. The molecule has 0 saturated carbocycles. The van der Waals surface area contributed by atoms with Crippen molar-refractivity contribution in [3.05, 3.63) is 0 Å². The van der Waals surface area contributed by atoms with Gasteiger partial charge in [-0.3, -0.25) is 9.79 Å². The van der Waals surface area contributed by atoms with Crippen LogP contribution in [-0.2, 0) is 9.53 Å². The minimum absolute atomic E-state index is 0. The smallest absolute Gasteiger partial charge is 0.308 e. The van der Waals surface area contributed by atoms with E-state index in [4.69, 9.17) is 4.74 Å². The summed E-state index contributed by atoms with van der Waals surface area (Å²) in [6.07, 6.45) is 1.68. The second-order valence-corrected chi connectivity index (χ2v) is 7.55. The van der Waals surface area contributed by atoms with Crippen LogP contribution in [0.4, 0.5) is 0 Å². The second kappa shape index (κ2) is 12.8. The monoisotopic (exact) mass is 495 g/mol. The predicted molar refractivity (Wildman–Crippen MR) is 121 cm³/mol. The van der Waals surface area contributed by atoms with Crippen molar-refractivity contribution in [2.45, 2.75) is 26.7 Å². The van der Waals surface area contributed by atoms with Gasteiger partial charge in [-0.15, -0.1) is 24.0 Å². The summed E-state index contributed by atoms with van der Waals surface area (Å²) in [6.45, 7) is 14.2. The van der Waals surface area contributed by atoms with E-state index in [2.05, 4.69) is 38.9 Å². The zero-order valence-electron chi connectivity index (χ0n) is 17.4. The van der Waals surface area contributed by atoms with Crippen molar-refractivity contribution in [1.29, 1.82) is 0 Å². The number of aliphatic imine (C=N–C) groups is 1. The molecule has 2 saturated heterocycles. The van der Waals surface area contributed by atoms with E-state index in [9.17, 15) is 4.79 Å². The third-order valence-electron chi connectivity index (χ3n) is 5.63. The molecule has 2 aliphatic heterocycles. The maximum atomic E-state index is 11.7. The average Bonchev–Trinajstić information content (AvgIpc) is 2.69. The number of ether oxygens (including phenoxy) is 1. The normalized spacial score (nSPS) is 21.5. The molecule has 2 rings (SSSR count). The molecule has 0 aliphatic carbocycles. The lowest BCUT2D eigenvalue weighted by Crippen LogP contribution is -2.50. The first-order valence-electron chi connectivity index (χ1n) is 10.1. The van der Waals surface area contributed by atoms with E-state index >= 15 is 0 Å². The summed E-state index contributed by atoms with van der Waals surface area (Å²) in [4.78, 5) is 23.4. The summed E-state index contributed by atoms with van der Waals surface area (Å²) in [5, 5.41) is 3.53. The molecule has 0 radical (unpaired) electrons. The highest BCUT2D eigenvalue weighted by Crippen LogP contribution is 2.18. The molecular weight excluding hydrogens is 457 g/mol. The van der Waals surface area contributed by atoms with Crippen LogP contribution >= 0.6 is 24.0 Å². The number of carbonyl (C=O) groups is 1. The van der Waals surface area contributed by atoms with Gasteiger partial charge in [-0.2, -0.15) is 0 Å². The molecule has 27 heavy (non-hydrogen) atoms. The molecule has 0 aromatic carbocycles. The fraction of sp³-hybridized carbons (Fsp3) is 0.895. The number of likely N-dealkylation sites (N-methyl/N-ethyl adjacent to an activating group) is 1. The van der Waals surface area contributed by atoms with Gasteiger partial charge in [0.15, 0.2) is 5.96 Å². The molecule has 2 heterocycles. The second-order valence-electron chi connectivity index (χ2n) is 7.55. The van der Waals surface area contributed by atoms with Crippen LogP contribution < -0.4 is 5.32 Å². The number of hydrogen-bond acceptors (Lipinski definition) is 5. The predicted octanol–water partition coefficient (Wildman–Crippen LogP) is 1.34. The van der Waals surface area contributed by atoms with Gasteiger partial charge < -0.3 is 24.8 Å². The third-order valence-corrected chi connectivity index (χ3v) is 5.63. The lowest BCUT2D eigenvalue weighted by atomic mass is 9.97. The highest BCUT2D eigenvalue weighted by atomic mass is 127. The summed E-state index contributed by atoms with van der Waals surface area (Å²) in [6, 6.07) is 0. The average molecular weight is 495 g/mol.